The van der Waals surface area contributed by atoms with E-state index in [4.69, 9.17) is 0 Å². The third-order valence-corrected chi connectivity index (χ3v) is 2.66. The third-order valence-electron chi connectivity index (χ3n) is 2.66. The Labute approximate surface area is 109 Å². The second-order valence-electron chi connectivity index (χ2n) is 4.08. The van der Waals surface area contributed by atoms with Gasteiger partial charge in [0.15, 0.2) is 0 Å². The molecule has 1 aromatic rings. The van der Waals surface area contributed by atoms with E-state index >= 15 is 0 Å². The summed E-state index contributed by atoms with van der Waals surface area (Å²) in [6.45, 7) is 4.78. The zero-order valence-electron chi connectivity index (χ0n) is 11.1. The maximum absolute atomic E-state index is 11.5. The highest BCUT2D eigenvalue weighted by Gasteiger charge is 1.94. The van der Waals surface area contributed by atoms with E-state index in [1.54, 1.807) is 6.08 Å². The molecule has 0 atom stereocenters. The number of benzene rings is 1. The van der Waals surface area contributed by atoms with Gasteiger partial charge in [0.25, 0.3) is 0 Å². The molecule has 0 saturated carbocycles. The molecule has 2 nitrogen and oxygen atoms in total. The van der Waals surface area contributed by atoms with E-state index in [-0.39, 0.29) is 5.91 Å². The fourth-order valence-corrected chi connectivity index (χ4v) is 1.54. The van der Waals surface area contributed by atoms with Crippen molar-refractivity contribution < 1.29 is 4.79 Å². The van der Waals surface area contributed by atoms with Gasteiger partial charge in [-0.15, -0.1) is 0 Å². The SMILES string of the molecule is C/C=C/CCNC(=O)/C=C/c1ccc(CC)cc1. The molecule has 1 aromatic carbocycles. The lowest BCUT2D eigenvalue weighted by atomic mass is 10.1. The van der Waals surface area contributed by atoms with Crippen molar-refractivity contribution in [2.45, 2.75) is 26.7 Å². The van der Waals surface area contributed by atoms with Gasteiger partial charge < -0.3 is 5.32 Å². The van der Waals surface area contributed by atoms with Crippen molar-refractivity contribution in [1.82, 2.24) is 5.32 Å². The molecule has 0 heterocycles. The van der Waals surface area contributed by atoms with Gasteiger partial charge in [-0.3, -0.25) is 4.79 Å². The van der Waals surface area contributed by atoms with Gasteiger partial charge in [-0.2, -0.15) is 0 Å². The number of rotatable bonds is 6. The molecule has 0 unspecified atom stereocenters. The number of allylic oxidation sites excluding steroid dienone is 1. The van der Waals surface area contributed by atoms with Gasteiger partial charge in [0.2, 0.25) is 5.91 Å². The zero-order valence-corrected chi connectivity index (χ0v) is 11.1. The first-order valence-electron chi connectivity index (χ1n) is 6.42. The molecule has 96 valence electrons. The molecule has 1 N–H and O–H groups in total. The molecule has 18 heavy (non-hydrogen) atoms. The zero-order chi connectivity index (χ0) is 13.2. The maximum Gasteiger partial charge on any atom is 0.244 e. The van der Waals surface area contributed by atoms with Crippen LogP contribution in [0.5, 0.6) is 0 Å². The van der Waals surface area contributed by atoms with Crippen molar-refractivity contribution in [1.29, 1.82) is 0 Å². The number of hydrogen-bond donors (Lipinski definition) is 1. The standard InChI is InChI=1S/C16H21NO/c1-3-5-6-13-17-16(18)12-11-15-9-7-14(4-2)8-10-15/h3,5,7-12H,4,6,13H2,1-2H3,(H,17,18)/b5-3+,12-11+. The monoisotopic (exact) mass is 243 g/mol. The molecular formula is C16H21NO. The topological polar surface area (TPSA) is 29.1 Å². The van der Waals surface area contributed by atoms with Crippen molar-refractivity contribution in [3.63, 3.8) is 0 Å². The highest BCUT2D eigenvalue weighted by Crippen LogP contribution is 2.06. The van der Waals surface area contributed by atoms with Gasteiger partial charge in [0.05, 0.1) is 0 Å². The van der Waals surface area contributed by atoms with Gasteiger partial charge >= 0.3 is 0 Å². The average molecular weight is 243 g/mol. The second-order valence-corrected chi connectivity index (χ2v) is 4.08. The Hall–Kier alpha value is -1.83. The Kier molecular flexibility index (Phi) is 6.55. The molecule has 1 rings (SSSR count). The lowest BCUT2D eigenvalue weighted by Crippen LogP contribution is -2.21. The van der Waals surface area contributed by atoms with Crippen molar-refractivity contribution in [2.75, 3.05) is 6.54 Å². The number of nitrogens with one attached hydrogen (secondary N) is 1. The Morgan fingerprint density at radius 3 is 2.61 bits per heavy atom. The molecule has 0 radical (unpaired) electrons. The molecular weight excluding hydrogens is 222 g/mol. The first kappa shape index (κ1) is 14.2. The number of hydrogen-bond acceptors (Lipinski definition) is 1. The van der Waals surface area contributed by atoms with Crippen LogP contribution in [0.2, 0.25) is 0 Å². The fraction of sp³-hybridized carbons (Fsp3) is 0.312. The van der Waals surface area contributed by atoms with E-state index in [1.165, 1.54) is 5.56 Å². The number of carbonyl (C=O) groups is 1. The summed E-state index contributed by atoms with van der Waals surface area (Å²) in [6.07, 6.45) is 9.35. The summed E-state index contributed by atoms with van der Waals surface area (Å²) in [5, 5.41) is 2.83. The number of aryl methyl sites for hydroxylation is 1. The number of carbonyl (C=O) groups excluding carboxylic acids is 1. The summed E-state index contributed by atoms with van der Waals surface area (Å²) in [5.74, 6) is -0.0425. The lowest BCUT2D eigenvalue weighted by molar-refractivity contribution is -0.116. The molecule has 0 aliphatic carbocycles. The van der Waals surface area contributed by atoms with Crippen molar-refractivity contribution in [3.8, 4) is 0 Å². The summed E-state index contributed by atoms with van der Waals surface area (Å²) in [6, 6.07) is 8.23. The molecule has 0 aromatic heterocycles. The van der Waals surface area contributed by atoms with Gasteiger partial charge in [0.1, 0.15) is 0 Å². The molecule has 1 amide bonds. The van der Waals surface area contributed by atoms with Crippen LogP contribution >= 0.6 is 0 Å². The normalized spacial score (nSPS) is 11.2. The Bertz CT molecular complexity index is 415. The van der Waals surface area contributed by atoms with Crippen LogP contribution in [0.1, 0.15) is 31.4 Å². The van der Waals surface area contributed by atoms with Crippen molar-refractivity contribution in [2.24, 2.45) is 0 Å². The van der Waals surface area contributed by atoms with Crippen LogP contribution in [-0.4, -0.2) is 12.5 Å². The van der Waals surface area contributed by atoms with E-state index in [2.05, 4.69) is 24.4 Å². The predicted octanol–water partition coefficient (Wildman–Crippen LogP) is 3.34. The minimum atomic E-state index is -0.0425. The first-order valence-corrected chi connectivity index (χ1v) is 6.42. The Balaban J connectivity index is 2.40. The highest BCUT2D eigenvalue weighted by atomic mass is 16.1. The van der Waals surface area contributed by atoms with Crippen LogP contribution < -0.4 is 5.32 Å². The van der Waals surface area contributed by atoms with Crippen LogP contribution in [0.25, 0.3) is 6.08 Å². The second kappa shape index (κ2) is 8.29. The van der Waals surface area contributed by atoms with Gasteiger partial charge in [-0.05, 0) is 37.0 Å². The minimum absolute atomic E-state index is 0.0425. The largest absolute Gasteiger partial charge is 0.352 e. The maximum atomic E-state index is 11.5. The summed E-state index contributed by atoms with van der Waals surface area (Å²) in [5.41, 5.74) is 2.36. The highest BCUT2D eigenvalue weighted by molar-refractivity contribution is 5.91. The predicted molar refractivity (Wildman–Crippen MR) is 77.3 cm³/mol. The lowest BCUT2D eigenvalue weighted by Gasteiger charge is -1.99. The number of amides is 1. The first-order chi connectivity index (χ1) is 8.76. The van der Waals surface area contributed by atoms with Crippen LogP contribution in [-0.2, 0) is 11.2 Å². The molecule has 0 spiro atoms. The van der Waals surface area contributed by atoms with Crippen LogP contribution in [0.3, 0.4) is 0 Å². The van der Waals surface area contributed by atoms with Crippen LogP contribution in [0.15, 0.2) is 42.5 Å². The minimum Gasteiger partial charge on any atom is -0.352 e. The Morgan fingerprint density at radius 1 is 1.28 bits per heavy atom. The van der Waals surface area contributed by atoms with Crippen LogP contribution in [0, 0.1) is 0 Å². The average Bonchev–Trinajstić information content (AvgIpc) is 2.42. The van der Waals surface area contributed by atoms with E-state index in [0.717, 1.165) is 18.4 Å². The van der Waals surface area contributed by atoms with Crippen molar-refractivity contribution >= 4 is 12.0 Å². The van der Waals surface area contributed by atoms with E-state index in [9.17, 15) is 4.79 Å². The summed E-state index contributed by atoms with van der Waals surface area (Å²) in [7, 11) is 0. The van der Waals surface area contributed by atoms with Crippen molar-refractivity contribution in [3.05, 3.63) is 53.6 Å². The molecule has 0 saturated heterocycles. The van der Waals surface area contributed by atoms with Crippen LogP contribution in [0.4, 0.5) is 0 Å². The molecule has 0 aliphatic rings. The molecule has 0 bridgehead atoms. The Morgan fingerprint density at radius 2 is 2.00 bits per heavy atom. The molecule has 0 aliphatic heterocycles. The molecule has 0 fully saturated rings. The van der Waals surface area contributed by atoms with Gasteiger partial charge in [0, 0.05) is 12.6 Å². The third kappa shape index (κ3) is 5.48. The van der Waals surface area contributed by atoms with Gasteiger partial charge in [-0.1, -0.05) is 43.3 Å². The smallest absolute Gasteiger partial charge is 0.244 e. The quantitative estimate of drug-likeness (QED) is 0.463. The fourth-order valence-electron chi connectivity index (χ4n) is 1.54. The van der Waals surface area contributed by atoms with E-state index in [0.29, 0.717) is 6.54 Å². The summed E-state index contributed by atoms with van der Waals surface area (Å²) >= 11 is 0. The van der Waals surface area contributed by atoms with E-state index < -0.39 is 0 Å². The molecule has 2 heteroatoms. The van der Waals surface area contributed by atoms with Gasteiger partial charge in [-0.25, -0.2) is 0 Å². The van der Waals surface area contributed by atoms with E-state index in [1.807, 2.05) is 37.3 Å². The summed E-state index contributed by atoms with van der Waals surface area (Å²) in [4.78, 5) is 11.5. The summed E-state index contributed by atoms with van der Waals surface area (Å²) < 4.78 is 0.